The van der Waals surface area contributed by atoms with Crippen molar-refractivity contribution in [2.24, 2.45) is 0 Å². The molecule has 0 heterocycles. The predicted molar refractivity (Wildman–Crippen MR) is 48.7 cm³/mol. The summed E-state index contributed by atoms with van der Waals surface area (Å²) in [6.45, 7) is 0.0181. The molecule has 0 saturated carbocycles. The average molecular weight is 181 g/mol. The Balaban J connectivity index is 2.90. The zero-order valence-electron chi connectivity index (χ0n) is 7.28. The monoisotopic (exact) mass is 181 g/mol. The molecular formula is C9H11NO3. The molecule has 1 rings (SSSR count). The number of nitrogen functional groups attached to an aromatic ring is 1. The fourth-order valence-corrected chi connectivity index (χ4v) is 0.942. The molecule has 1 aromatic rings. The van der Waals surface area contributed by atoms with Gasteiger partial charge in [-0.05, 0) is 18.2 Å². The summed E-state index contributed by atoms with van der Waals surface area (Å²) in [5, 5.41) is 9.09. The number of Topliss-reactive ketones (excluding diaryl/α,β-unsaturated/α-hetero) is 1. The van der Waals surface area contributed by atoms with Gasteiger partial charge in [-0.25, -0.2) is 0 Å². The number of nitrogens with two attached hydrogens (primary N) is 1. The summed E-state index contributed by atoms with van der Waals surface area (Å²) in [6, 6.07) is 4.32. The second-order valence-corrected chi connectivity index (χ2v) is 2.63. The number of ketones is 1. The van der Waals surface area contributed by atoms with Crippen molar-refractivity contribution in [1.82, 2.24) is 0 Å². The van der Waals surface area contributed by atoms with Gasteiger partial charge in [0.1, 0.15) is 12.4 Å². The van der Waals surface area contributed by atoms with Crippen LogP contribution in [0.5, 0.6) is 5.75 Å². The van der Waals surface area contributed by atoms with E-state index in [4.69, 9.17) is 10.8 Å². The minimum absolute atomic E-state index is 0.0181. The Morgan fingerprint density at radius 2 is 2.31 bits per heavy atom. The molecule has 0 saturated heterocycles. The molecule has 1 aromatic carbocycles. The van der Waals surface area contributed by atoms with E-state index < -0.39 is 0 Å². The van der Waals surface area contributed by atoms with E-state index in [1.54, 1.807) is 0 Å². The molecule has 13 heavy (non-hydrogen) atoms. The number of hydrogen-bond donors (Lipinski definition) is 2. The Morgan fingerprint density at radius 3 is 2.85 bits per heavy atom. The number of phenolic OH excluding ortho intramolecular Hbond substituents is 1. The lowest BCUT2D eigenvalue weighted by Gasteiger charge is -2.02. The standard InChI is InChI=1S/C9H11NO3/c1-13-5-9(12)6-2-3-8(11)7(10)4-6/h2-4,11H,5,10H2,1H3. The van der Waals surface area contributed by atoms with E-state index in [1.807, 2.05) is 0 Å². The van der Waals surface area contributed by atoms with E-state index in [0.717, 1.165) is 0 Å². The highest BCUT2D eigenvalue weighted by molar-refractivity contribution is 5.98. The number of carbonyl (C=O) groups excluding carboxylic acids is 1. The molecule has 0 aromatic heterocycles. The number of phenols is 1. The van der Waals surface area contributed by atoms with Crippen LogP contribution in [-0.2, 0) is 4.74 Å². The maximum atomic E-state index is 11.2. The molecule has 0 spiro atoms. The number of anilines is 1. The Kier molecular flexibility index (Phi) is 2.87. The van der Waals surface area contributed by atoms with Gasteiger partial charge in [0.2, 0.25) is 0 Å². The number of hydrogen-bond acceptors (Lipinski definition) is 4. The lowest BCUT2D eigenvalue weighted by Crippen LogP contribution is -2.07. The van der Waals surface area contributed by atoms with Crippen molar-refractivity contribution in [3.8, 4) is 5.75 Å². The van der Waals surface area contributed by atoms with Gasteiger partial charge < -0.3 is 15.6 Å². The van der Waals surface area contributed by atoms with Crippen LogP contribution in [0, 0.1) is 0 Å². The first-order chi connectivity index (χ1) is 6.15. The fourth-order valence-electron chi connectivity index (χ4n) is 0.942. The molecule has 0 radical (unpaired) electrons. The van der Waals surface area contributed by atoms with Crippen LogP contribution in [0.3, 0.4) is 0 Å². The van der Waals surface area contributed by atoms with Crippen molar-refractivity contribution >= 4 is 11.5 Å². The second kappa shape index (κ2) is 3.91. The predicted octanol–water partition coefficient (Wildman–Crippen LogP) is 0.804. The fraction of sp³-hybridized carbons (Fsp3) is 0.222. The van der Waals surface area contributed by atoms with Crippen LogP contribution in [0.25, 0.3) is 0 Å². The number of carbonyl (C=O) groups is 1. The van der Waals surface area contributed by atoms with Gasteiger partial charge in [0.25, 0.3) is 0 Å². The Hall–Kier alpha value is -1.55. The molecule has 0 bridgehead atoms. The quantitative estimate of drug-likeness (QED) is 0.411. The van der Waals surface area contributed by atoms with Crippen molar-refractivity contribution in [2.45, 2.75) is 0 Å². The summed E-state index contributed by atoms with van der Waals surface area (Å²) in [5.41, 5.74) is 6.05. The number of rotatable bonds is 3. The lowest BCUT2D eigenvalue weighted by molar-refractivity contribution is 0.0848. The molecule has 0 aliphatic heterocycles. The zero-order valence-corrected chi connectivity index (χ0v) is 7.28. The van der Waals surface area contributed by atoms with Gasteiger partial charge in [-0.1, -0.05) is 0 Å². The van der Waals surface area contributed by atoms with Crippen molar-refractivity contribution in [2.75, 3.05) is 19.5 Å². The van der Waals surface area contributed by atoms with Crippen LogP contribution in [-0.4, -0.2) is 24.6 Å². The maximum absolute atomic E-state index is 11.2. The van der Waals surface area contributed by atoms with Crippen molar-refractivity contribution in [1.29, 1.82) is 0 Å². The summed E-state index contributed by atoms with van der Waals surface area (Å²) < 4.78 is 4.68. The van der Waals surface area contributed by atoms with Crippen LogP contribution in [0.4, 0.5) is 5.69 Å². The number of aromatic hydroxyl groups is 1. The Morgan fingerprint density at radius 1 is 1.62 bits per heavy atom. The molecule has 0 unspecified atom stereocenters. The summed E-state index contributed by atoms with van der Waals surface area (Å²) >= 11 is 0. The van der Waals surface area contributed by atoms with E-state index in [9.17, 15) is 4.79 Å². The molecule has 0 aliphatic rings. The first-order valence-corrected chi connectivity index (χ1v) is 3.75. The van der Waals surface area contributed by atoms with Gasteiger partial charge in [-0.15, -0.1) is 0 Å². The molecule has 4 heteroatoms. The van der Waals surface area contributed by atoms with Crippen LogP contribution >= 0.6 is 0 Å². The van der Waals surface area contributed by atoms with Gasteiger partial charge in [0.05, 0.1) is 5.69 Å². The van der Waals surface area contributed by atoms with Gasteiger partial charge in [0.15, 0.2) is 5.78 Å². The highest BCUT2D eigenvalue weighted by atomic mass is 16.5. The molecule has 3 N–H and O–H groups in total. The SMILES string of the molecule is COCC(=O)c1ccc(O)c(N)c1. The van der Waals surface area contributed by atoms with E-state index in [2.05, 4.69) is 4.74 Å². The molecular weight excluding hydrogens is 170 g/mol. The Labute approximate surface area is 75.9 Å². The van der Waals surface area contributed by atoms with Gasteiger partial charge in [0, 0.05) is 12.7 Å². The summed E-state index contributed by atoms with van der Waals surface area (Å²) in [4.78, 5) is 11.2. The van der Waals surface area contributed by atoms with Gasteiger partial charge in [-0.3, -0.25) is 4.79 Å². The van der Waals surface area contributed by atoms with Crippen LogP contribution < -0.4 is 5.73 Å². The minimum Gasteiger partial charge on any atom is -0.506 e. The van der Waals surface area contributed by atoms with E-state index in [0.29, 0.717) is 5.56 Å². The normalized spacial score (nSPS) is 9.92. The van der Waals surface area contributed by atoms with Gasteiger partial charge >= 0.3 is 0 Å². The molecule has 0 atom stereocenters. The van der Waals surface area contributed by atoms with Crippen LogP contribution in [0.2, 0.25) is 0 Å². The zero-order chi connectivity index (χ0) is 9.84. The molecule has 0 fully saturated rings. The summed E-state index contributed by atoms with van der Waals surface area (Å²) in [6.07, 6.45) is 0. The largest absolute Gasteiger partial charge is 0.506 e. The van der Waals surface area contributed by atoms with E-state index in [-0.39, 0.29) is 23.8 Å². The summed E-state index contributed by atoms with van der Waals surface area (Å²) in [7, 11) is 1.45. The average Bonchev–Trinajstić information content (AvgIpc) is 2.10. The van der Waals surface area contributed by atoms with Crippen molar-refractivity contribution in [3.05, 3.63) is 23.8 Å². The molecule has 70 valence electrons. The van der Waals surface area contributed by atoms with Crippen LogP contribution in [0.15, 0.2) is 18.2 Å². The number of ether oxygens (including phenoxy) is 1. The van der Waals surface area contributed by atoms with E-state index in [1.165, 1.54) is 25.3 Å². The highest BCUT2D eigenvalue weighted by Gasteiger charge is 2.06. The number of methoxy groups -OCH3 is 1. The molecule has 4 nitrogen and oxygen atoms in total. The highest BCUT2D eigenvalue weighted by Crippen LogP contribution is 2.20. The number of benzene rings is 1. The van der Waals surface area contributed by atoms with Crippen molar-refractivity contribution < 1.29 is 14.6 Å². The topological polar surface area (TPSA) is 72.5 Å². The third-order valence-corrected chi connectivity index (χ3v) is 1.62. The third kappa shape index (κ3) is 2.19. The minimum atomic E-state index is -0.158. The molecule has 0 aliphatic carbocycles. The lowest BCUT2D eigenvalue weighted by atomic mass is 10.1. The van der Waals surface area contributed by atoms with Crippen LogP contribution in [0.1, 0.15) is 10.4 Å². The molecule has 0 amide bonds. The smallest absolute Gasteiger partial charge is 0.188 e. The van der Waals surface area contributed by atoms with Crippen molar-refractivity contribution in [3.63, 3.8) is 0 Å². The second-order valence-electron chi connectivity index (χ2n) is 2.63. The third-order valence-electron chi connectivity index (χ3n) is 1.62. The first-order valence-electron chi connectivity index (χ1n) is 3.75. The van der Waals surface area contributed by atoms with E-state index >= 15 is 0 Å². The first kappa shape index (κ1) is 9.54. The summed E-state index contributed by atoms with van der Waals surface area (Å²) in [5.74, 6) is -0.178. The Bertz CT molecular complexity index is 323. The van der Waals surface area contributed by atoms with Gasteiger partial charge in [-0.2, -0.15) is 0 Å². The maximum Gasteiger partial charge on any atom is 0.188 e.